The van der Waals surface area contributed by atoms with Crippen molar-refractivity contribution in [2.45, 2.75) is 38.1 Å². The van der Waals surface area contributed by atoms with Crippen LogP contribution in [0.25, 0.3) is 21.5 Å². The number of nitrogens with zero attached hydrogens (tertiary/aromatic N) is 1. The summed E-state index contributed by atoms with van der Waals surface area (Å²) < 4.78 is 0. The minimum absolute atomic E-state index is 0.557. The van der Waals surface area contributed by atoms with E-state index >= 15 is 0 Å². The Hall–Kier alpha value is -1.90. The van der Waals surface area contributed by atoms with Crippen LogP contribution in [0.4, 0.5) is 0 Å². The molecule has 0 radical (unpaired) electrons. The van der Waals surface area contributed by atoms with Gasteiger partial charge in [-0.05, 0) is 51.9 Å². The highest BCUT2D eigenvalue weighted by Gasteiger charge is 2.32. The van der Waals surface area contributed by atoms with Crippen LogP contribution in [0, 0.1) is 5.92 Å². The van der Waals surface area contributed by atoms with Gasteiger partial charge in [0, 0.05) is 32.2 Å². The van der Waals surface area contributed by atoms with Crippen LogP contribution in [0.5, 0.6) is 0 Å². The predicted molar refractivity (Wildman–Crippen MR) is 115 cm³/mol. The van der Waals surface area contributed by atoms with Gasteiger partial charge in [-0.25, -0.2) is 0 Å². The van der Waals surface area contributed by atoms with E-state index in [1.807, 2.05) is 0 Å². The largest absolute Gasteiger partial charge is 0.314 e. The topological polar surface area (TPSA) is 15.3 Å². The molecule has 0 bridgehead atoms. The minimum atomic E-state index is 0.557. The van der Waals surface area contributed by atoms with Gasteiger partial charge in [-0.15, -0.1) is 0 Å². The molecule has 1 saturated heterocycles. The van der Waals surface area contributed by atoms with E-state index in [1.165, 1.54) is 66.7 Å². The molecule has 0 amide bonds. The lowest BCUT2D eigenvalue weighted by Crippen LogP contribution is -2.47. The van der Waals surface area contributed by atoms with Crippen LogP contribution < -0.4 is 5.32 Å². The molecule has 1 aliphatic heterocycles. The van der Waals surface area contributed by atoms with E-state index in [1.54, 1.807) is 5.56 Å². The second-order valence-electron chi connectivity index (χ2n) is 8.36. The van der Waals surface area contributed by atoms with E-state index in [-0.39, 0.29) is 0 Å². The van der Waals surface area contributed by atoms with Gasteiger partial charge < -0.3 is 5.32 Å². The zero-order valence-corrected chi connectivity index (χ0v) is 16.2. The van der Waals surface area contributed by atoms with Crippen molar-refractivity contribution in [2.24, 2.45) is 5.92 Å². The first-order valence-corrected chi connectivity index (χ1v) is 10.8. The van der Waals surface area contributed by atoms with Crippen LogP contribution >= 0.6 is 0 Å². The molecule has 3 aromatic rings. The van der Waals surface area contributed by atoms with Gasteiger partial charge in [-0.1, -0.05) is 67.8 Å². The number of hydrogen-bond donors (Lipinski definition) is 1. The van der Waals surface area contributed by atoms with Gasteiger partial charge in [0.2, 0.25) is 0 Å². The van der Waals surface area contributed by atoms with Crippen LogP contribution in [-0.4, -0.2) is 31.1 Å². The number of piperazine rings is 1. The van der Waals surface area contributed by atoms with Gasteiger partial charge in [-0.3, -0.25) is 4.90 Å². The SMILES string of the molecule is c1ccc2c(c1)cc([C@@H](C1CCCCC1)N1CCNCC1)c1ccccc12. The Morgan fingerprint density at radius 2 is 1.44 bits per heavy atom. The lowest BCUT2D eigenvalue weighted by molar-refractivity contribution is 0.104. The Labute approximate surface area is 162 Å². The van der Waals surface area contributed by atoms with E-state index < -0.39 is 0 Å². The van der Waals surface area contributed by atoms with Gasteiger partial charge in [0.05, 0.1) is 0 Å². The van der Waals surface area contributed by atoms with Crippen molar-refractivity contribution >= 4 is 21.5 Å². The molecule has 1 aliphatic carbocycles. The van der Waals surface area contributed by atoms with Crippen LogP contribution in [0.1, 0.15) is 43.7 Å². The van der Waals surface area contributed by atoms with Crippen LogP contribution in [0.3, 0.4) is 0 Å². The molecule has 1 saturated carbocycles. The molecule has 3 aromatic carbocycles. The van der Waals surface area contributed by atoms with Crippen molar-refractivity contribution in [2.75, 3.05) is 26.2 Å². The monoisotopic (exact) mass is 358 g/mol. The van der Waals surface area contributed by atoms with E-state index in [9.17, 15) is 0 Å². The van der Waals surface area contributed by atoms with Crippen LogP contribution in [0.15, 0.2) is 54.6 Å². The molecule has 1 heterocycles. The molecule has 2 aliphatic rings. The van der Waals surface area contributed by atoms with E-state index in [0.29, 0.717) is 6.04 Å². The number of rotatable bonds is 3. The molecular formula is C25H30N2. The molecule has 5 rings (SSSR count). The molecular weight excluding hydrogens is 328 g/mol. The molecule has 0 unspecified atom stereocenters. The average molecular weight is 359 g/mol. The Balaban J connectivity index is 1.70. The molecule has 0 aromatic heterocycles. The summed E-state index contributed by atoms with van der Waals surface area (Å²) in [6, 6.07) is 21.1. The molecule has 1 atom stereocenters. The fourth-order valence-electron chi connectivity index (χ4n) is 5.49. The number of hydrogen-bond acceptors (Lipinski definition) is 2. The fourth-order valence-corrected chi connectivity index (χ4v) is 5.49. The van der Waals surface area contributed by atoms with Crippen molar-refractivity contribution in [3.63, 3.8) is 0 Å². The summed E-state index contributed by atoms with van der Waals surface area (Å²) in [6.45, 7) is 4.58. The third-order valence-corrected chi connectivity index (χ3v) is 6.76. The minimum Gasteiger partial charge on any atom is -0.314 e. The molecule has 0 spiro atoms. The molecule has 2 heteroatoms. The zero-order chi connectivity index (χ0) is 18.1. The van der Waals surface area contributed by atoms with Gasteiger partial charge in [0.25, 0.3) is 0 Å². The number of fused-ring (bicyclic) bond motifs is 3. The summed E-state index contributed by atoms with van der Waals surface area (Å²) in [6.07, 6.45) is 6.99. The predicted octanol–water partition coefficient (Wildman–Crippen LogP) is 5.52. The molecule has 27 heavy (non-hydrogen) atoms. The van der Waals surface area contributed by atoms with Crippen LogP contribution in [0.2, 0.25) is 0 Å². The Morgan fingerprint density at radius 3 is 2.22 bits per heavy atom. The maximum atomic E-state index is 3.55. The highest BCUT2D eigenvalue weighted by atomic mass is 15.2. The van der Waals surface area contributed by atoms with E-state index in [2.05, 4.69) is 64.8 Å². The zero-order valence-electron chi connectivity index (χ0n) is 16.2. The van der Waals surface area contributed by atoms with Crippen molar-refractivity contribution in [1.82, 2.24) is 10.2 Å². The lowest BCUT2D eigenvalue weighted by atomic mass is 9.78. The second-order valence-corrected chi connectivity index (χ2v) is 8.36. The van der Waals surface area contributed by atoms with Crippen LogP contribution in [-0.2, 0) is 0 Å². The summed E-state index contributed by atoms with van der Waals surface area (Å²) in [5, 5.41) is 9.21. The summed E-state index contributed by atoms with van der Waals surface area (Å²) in [4.78, 5) is 2.78. The quantitative estimate of drug-likeness (QED) is 0.620. The number of benzene rings is 3. The third-order valence-electron chi connectivity index (χ3n) is 6.76. The molecule has 2 nitrogen and oxygen atoms in total. The Bertz CT molecular complexity index is 902. The number of nitrogens with one attached hydrogen (secondary N) is 1. The summed E-state index contributed by atoms with van der Waals surface area (Å²) >= 11 is 0. The van der Waals surface area contributed by atoms with Gasteiger partial charge in [0.1, 0.15) is 0 Å². The van der Waals surface area contributed by atoms with Gasteiger partial charge in [0.15, 0.2) is 0 Å². The highest BCUT2D eigenvalue weighted by Crippen LogP contribution is 2.42. The Morgan fingerprint density at radius 1 is 0.778 bits per heavy atom. The fraction of sp³-hybridized carbons (Fsp3) is 0.440. The summed E-state index contributed by atoms with van der Waals surface area (Å²) in [5.41, 5.74) is 1.57. The van der Waals surface area contributed by atoms with Crippen molar-refractivity contribution < 1.29 is 0 Å². The third kappa shape index (κ3) is 3.26. The van der Waals surface area contributed by atoms with E-state index in [4.69, 9.17) is 0 Å². The van der Waals surface area contributed by atoms with Crippen molar-refractivity contribution in [1.29, 1.82) is 0 Å². The standard InChI is InChI=1S/C25H30N2/c1-2-8-19(9-3-1)25(27-16-14-26-15-17-27)24-18-20-10-4-5-11-21(20)22-12-6-7-13-23(22)24/h4-7,10-13,18-19,25-26H,1-3,8-9,14-17H2/t25-/m1/s1. The van der Waals surface area contributed by atoms with Gasteiger partial charge in [-0.2, -0.15) is 0 Å². The maximum absolute atomic E-state index is 3.55. The molecule has 2 fully saturated rings. The maximum Gasteiger partial charge on any atom is 0.0383 e. The van der Waals surface area contributed by atoms with Crippen molar-refractivity contribution in [3.05, 3.63) is 60.2 Å². The normalized spacial score (nSPS) is 20.9. The first kappa shape index (κ1) is 17.2. The first-order valence-electron chi connectivity index (χ1n) is 10.8. The lowest BCUT2D eigenvalue weighted by Gasteiger charge is -2.41. The van der Waals surface area contributed by atoms with E-state index in [0.717, 1.165) is 19.0 Å². The van der Waals surface area contributed by atoms with Crippen molar-refractivity contribution in [3.8, 4) is 0 Å². The average Bonchev–Trinajstić information content (AvgIpc) is 2.76. The summed E-state index contributed by atoms with van der Waals surface area (Å²) in [7, 11) is 0. The Kier molecular flexibility index (Phi) is 4.85. The highest BCUT2D eigenvalue weighted by molar-refractivity contribution is 6.09. The molecule has 1 N–H and O–H groups in total. The smallest absolute Gasteiger partial charge is 0.0383 e. The van der Waals surface area contributed by atoms with Gasteiger partial charge >= 0.3 is 0 Å². The first-order chi connectivity index (χ1) is 13.4. The second kappa shape index (κ2) is 7.61. The molecule has 140 valence electrons. The summed E-state index contributed by atoms with van der Waals surface area (Å²) in [5.74, 6) is 0.793.